The van der Waals surface area contributed by atoms with Gasteiger partial charge in [-0.15, -0.1) is 23.1 Å². The molecule has 0 radical (unpaired) electrons. The van der Waals surface area contributed by atoms with Crippen molar-refractivity contribution in [3.8, 4) is 0 Å². The molecule has 0 aliphatic rings. The fourth-order valence-electron chi connectivity index (χ4n) is 1.54. The van der Waals surface area contributed by atoms with E-state index in [1.807, 2.05) is 0 Å². The van der Waals surface area contributed by atoms with Gasteiger partial charge in [0.05, 0.1) is 5.75 Å². The molecule has 110 valence electrons. The van der Waals surface area contributed by atoms with Crippen molar-refractivity contribution >= 4 is 35.0 Å². The number of nitrogens with one attached hydrogen (secondary N) is 1. The highest BCUT2D eigenvalue weighted by Crippen LogP contribution is 2.24. The standard InChI is InChI=1S/C14H12FNO3S2/c15-11-4-2-1-3-9(11)6-16-13(17)8-20-10-5-12(14(18)19)21-7-10/h1-5,7H,6,8H2,(H,16,17)(H,18,19). The first-order chi connectivity index (χ1) is 10.1. The van der Waals surface area contributed by atoms with E-state index >= 15 is 0 Å². The number of carboxylic acids is 1. The van der Waals surface area contributed by atoms with Crippen molar-refractivity contribution in [2.24, 2.45) is 0 Å². The molecule has 0 atom stereocenters. The summed E-state index contributed by atoms with van der Waals surface area (Å²) >= 11 is 2.37. The van der Waals surface area contributed by atoms with Crippen molar-refractivity contribution in [2.45, 2.75) is 11.4 Å². The molecular weight excluding hydrogens is 313 g/mol. The zero-order chi connectivity index (χ0) is 15.2. The van der Waals surface area contributed by atoms with Crippen LogP contribution in [0, 0.1) is 5.82 Å². The van der Waals surface area contributed by atoms with Crippen LogP contribution in [0.15, 0.2) is 40.6 Å². The fraction of sp³-hybridized carbons (Fsp3) is 0.143. The lowest BCUT2D eigenvalue weighted by Crippen LogP contribution is -2.24. The van der Waals surface area contributed by atoms with Gasteiger partial charge < -0.3 is 10.4 Å². The van der Waals surface area contributed by atoms with Gasteiger partial charge in [0.1, 0.15) is 10.7 Å². The number of carbonyl (C=O) groups excluding carboxylic acids is 1. The van der Waals surface area contributed by atoms with Crippen molar-refractivity contribution in [2.75, 3.05) is 5.75 Å². The minimum absolute atomic E-state index is 0.135. The Morgan fingerprint density at radius 1 is 1.33 bits per heavy atom. The number of amides is 1. The molecule has 0 spiro atoms. The van der Waals surface area contributed by atoms with E-state index < -0.39 is 5.97 Å². The zero-order valence-electron chi connectivity index (χ0n) is 10.8. The Balaban J connectivity index is 1.79. The number of thioether (sulfide) groups is 1. The van der Waals surface area contributed by atoms with Gasteiger partial charge in [-0.2, -0.15) is 0 Å². The van der Waals surface area contributed by atoms with Crippen LogP contribution in [0.3, 0.4) is 0 Å². The van der Waals surface area contributed by atoms with Gasteiger partial charge in [-0.25, -0.2) is 9.18 Å². The minimum atomic E-state index is -0.976. The summed E-state index contributed by atoms with van der Waals surface area (Å²) in [6.07, 6.45) is 0. The molecular formula is C14H12FNO3S2. The van der Waals surface area contributed by atoms with Crippen LogP contribution in [0.25, 0.3) is 0 Å². The lowest BCUT2D eigenvalue weighted by molar-refractivity contribution is -0.118. The van der Waals surface area contributed by atoms with E-state index in [9.17, 15) is 14.0 Å². The molecule has 0 fully saturated rings. The van der Waals surface area contributed by atoms with Crippen LogP contribution in [0.4, 0.5) is 4.39 Å². The molecule has 0 saturated carbocycles. The molecule has 0 aliphatic carbocycles. The Morgan fingerprint density at radius 3 is 2.76 bits per heavy atom. The number of carboxylic acid groups (broad SMARTS) is 1. The van der Waals surface area contributed by atoms with Crippen molar-refractivity contribution in [3.63, 3.8) is 0 Å². The summed E-state index contributed by atoms with van der Waals surface area (Å²) in [6, 6.07) is 7.78. The normalized spacial score (nSPS) is 10.3. The molecule has 2 N–H and O–H groups in total. The van der Waals surface area contributed by atoms with E-state index in [4.69, 9.17) is 5.11 Å². The molecule has 0 saturated heterocycles. The van der Waals surface area contributed by atoms with Gasteiger partial charge >= 0.3 is 5.97 Å². The van der Waals surface area contributed by atoms with Gasteiger partial charge in [-0.3, -0.25) is 4.79 Å². The van der Waals surface area contributed by atoms with Crippen molar-refractivity contribution in [1.29, 1.82) is 0 Å². The Kier molecular flexibility index (Phi) is 5.35. The Hall–Kier alpha value is -1.86. The van der Waals surface area contributed by atoms with Crippen molar-refractivity contribution in [3.05, 3.63) is 52.0 Å². The summed E-state index contributed by atoms with van der Waals surface area (Å²) in [5.41, 5.74) is 0.430. The summed E-state index contributed by atoms with van der Waals surface area (Å²) in [4.78, 5) is 23.4. The van der Waals surface area contributed by atoms with Gasteiger partial charge in [-0.1, -0.05) is 18.2 Å². The third-order valence-corrected chi connectivity index (χ3v) is 4.63. The van der Waals surface area contributed by atoms with E-state index in [0.717, 1.165) is 16.2 Å². The smallest absolute Gasteiger partial charge is 0.345 e. The first kappa shape index (κ1) is 15.5. The van der Waals surface area contributed by atoms with Gasteiger partial charge in [0, 0.05) is 22.4 Å². The molecule has 21 heavy (non-hydrogen) atoms. The molecule has 1 amide bonds. The number of halogens is 1. The van der Waals surface area contributed by atoms with Crippen LogP contribution in [0.1, 0.15) is 15.2 Å². The third kappa shape index (κ3) is 4.57. The molecule has 1 aromatic carbocycles. The van der Waals surface area contributed by atoms with Crippen molar-refractivity contribution in [1.82, 2.24) is 5.32 Å². The SMILES string of the molecule is O=C(CSc1csc(C(=O)O)c1)NCc1ccccc1F. The zero-order valence-corrected chi connectivity index (χ0v) is 12.5. The maximum Gasteiger partial charge on any atom is 0.345 e. The lowest BCUT2D eigenvalue weighted by atomic mass is 10.2. The van der Waals surface area contributed by atoms with E-state index in [1.165, 1.54) is 23.9 Å². The summed E-state index contributed by atoms with van der Waals surface area (Å²) in [5, 5.41) is 13.1. The molecule has 0 unspecified atom stereocenters. The van der Waals surface area contributed by atoms with Crippen LogP contribution >= 0.6 is 23.1 Å². The Labute approximate surface area is 129 Å². The predicted octanol–water partition coefficient (Wildman–Crippen LogP) is 2.99. The van der Waals surface area contributed by atoms with E-state index in [2.05, 4.69) is 5.32 Å². The van der Waals surface area contributed by atoms with Crippen LogP contribution < -0.4 is 5.32 Å². The molecule has 1 aromatic heterocycles. The number of rotatable bonds is 6. The maximum absolute atomic E-state index is 13.4. The van der Waals surface area contributed by atoms with Gasteiger partial charge in [0.2, 0.25) is 5.91 Å². The topological polar surface area (TPSA) is 66.4 Å². The van der Waals surface area contributed by atoms with E-state index in [-0.39, 0.29) is 28.9 Å². The summed E-state index contributed by atoms with van der Waals surface area (Å²) in [6.45, 7) is 0.135. The average Bonchev–Trinajstić information content (AvgIpc) is 2.93. The molecule has 1 heterocycles. The fourth-order valence-corrected chi connectivity index (χ4v) is 3.24. The molecule has 2 rings (SSSR count). The monoisotopic (exact) mass is 325 g/mol. The number of hydrogen-bond acceptors (Lipinski definition) is 4. The highest BCUT2D eigenvalue weighted by Gasteiger charge is 2.09. The second-order valence-corrected chi connectivity index (χ2v) is 6.07. The average molecular weight is 325 g/mol. The molecule has 7 heteroatoms. The second kappa shape index (κ2) is 7.24. The number of carbonyl (C=O) groups is 2. The summed E-state index contributed by atoms with van der Waals surface area (Å²) in [7, 11) is 0. The molecule has 4 nitrogen and oxygen atoms in total. The molecule has 0 bridgehead atoms. The van der Waals surface area contributed by atoms with Crippen LogP contribution in [-0.2, 0) is 11.3 Å². The van der Waals surface area contributed by atoms with Gasteiger partial charge in [-0.05, 0) is 12.1 Å². The Bertz CT molecular complexity index is 657. The molecule has 2 aromatic rings. The van der Waals surface area contributed by atoms with Crippen LogP contribution in [-0.4, -0.2) is 22.7 Å². The van der Waals surface area contributed by atoms with Gasteiger partial charge in [0.15, 0.2) is 0 Å². The molecule has 0 aliphatic heterocycles. The maximum atomic E-state index is 13.4. The summed E-state index contributed by atoms with van der Waals surface area (Å²) < 4.78 is 13.4. The number of aromatic carboxylic acids is 1. The van der Waals surface area contributed by atoms with E-state index in [1.54, 1.807) is 23.6 Å². The van der Waals surface area contributed by atoms with Crippen molar-refractivity contribution < 1.29 is 19.1 Å². The Morgan fingerprint density at radius 2 is 2.10 bits per heavy atom. The van der Waals surface area contributed by atoms with E-state index in [0.29, 0.717) is 5.56 Å². The second-order valence-electron chi connectivity index (χ2n) is 4.11. The number of hydrogen-bond donors (Lipinski definition) is 2. The highest BCUT2D eigenvalue weighted by molar-refractivity contribution is 8.00. The first-order valence-electron chi connectivity index (χ1n) is 6.01. The quantitative estimate of drug-likeness (QED) is 0.801. The third-order valence-electron chi connectivity index (χ3n) is 2.59. The summed E-state index contributed by atoms with van der Waals surface area (Å²) in [5.74, 6) is -1.40. The number of benzene rings is 1. The highest BCUT2D eigenvalue weighted by atomic mass is 32.2. The van der Waals surface area contributed by atoms with Crippen LogP contribution in [0.2, 0.25) is 0 Å². The number of thiophene rings is 1. The first-order valence-corrected chi connectivity index (χ1v) is 7.87. The lowest BCUT2D eigenvalue weighted by Gasteiger charge is -2.05. The minimum Gasteiger partial charge on any atom is -0.477 e. The largest absolute Gasteiger partial charge is 0.477 e. The van der Waals surface area contributed by atoms with Crippen LogP contribution in [0.5, 0.6) is 0 Å². The predicted molar refractivity (Wildman–Crippen MR) is 80.2 cm³/mol. The van der Waals surface area contributed by atoms with Gasteiger partial charge in [0.25, 0.3) is 0 Å².